The summed E-state index contributed by atoms with van der Waals surface area (Å²) in [5.41, 5.74) is 6.91. The maximum atomic E-state index is 11.6. The van der Waals surface area contributed by atoms with E-state index >= 15 is 0 Å². The van der Waals surface area contributed by atoms with Crippen molar-refractivity contribution in [3.05, 3.63) is 18.2 Å². The number of hydrogen-bond acceptors (Lipinski definition) is 4. The summed E-state index contributed by atoms with van der Waals surface area (Å²) < 4.78 is 5.04. The predicted molar refractivity (Wildman–Crippen MR) is 69.2 cm³/mol. The van der Waals surface area contributed by atoms with Gasteiger partial charge in [0.2, 0.25) is 5.91 Å². The molecule has 94 valence electrons. The van der Waals surface area contributed by atoms with Crippen molar-refractivity contribution in [3.63, 3.8) is 0 Å². The van der Waals surface area contributed by atoms with Crippen LogP contribution in [0.3, 0.4) is 0 Å². The number of nitrogens with two attached hydrogens (primary N) is 1. The fourth-order valence-corrected chi connectivity index (χ4v) is 1.33. The highest BCUT2D eigenvalue weighted by molar-refractivity contribution is 5.95. The number of amides is 1. The third-order valence-electron chi connectivity index (χ3n) is 2.49. The molecule has 0 aliphatic heterocycles. The Morgan fingerprint density at radius 1 is 1.53 bits per heavy atom. The van der Waals surface area contributed by atoms with Gasteiger partial charge in [-0.25, -0.2) is 0 Å². The quantitative estimate of drug-likeness (QED) is 0.754. The lowest BCUT2D eigenvalue weighted by Gasteiger charge is -2.14. The number of benzene rings is 1. The highest BCUT2D eigenvalue weighted by Gasteiger charge is 2.07. The van der Waals surface area contributed by atoms with E-state index in [9.17, 15) is 4.79 Å². The van der Waals surface area contributed by atoms with E-state index < -0.39 is 0 Å². The molecule has 0 unspecified atom stereocenters. The zero-order chi connectivity index (χ0) is 12.8. The molecule has 0 aliphatic rings. The summed E-state index contributed by atoms with van der Waals surface area (Å²) in [5.74, 6) is 0.595. The van der Waals surface area contributed by atoms with Crippen LogP contribution in [-0.2, 0) is 4.79 Å². The number of hydrogen-bond donors (Lipinski definition) is 2. The topological polar surface area (TPSA) is 67.6 Å². The van der Waals surface area contributed by atoms with Gasteiger partial charge in [0.05, 0.1) is 25.0 Å². The second kappa shape index (κ2) is 6.10. The van der Waals surface area contributed by atoms with Gasteiger partial charge in [-0.05, 0) is 25.7 Å². The molecule has 5 nitrogen and oxygen atoms in total. The summed E-state index contributed by atoms with van der Waals surface area (Å²) in [5, 5.41) is 2.77. The van der Waals surface area contributed by atoms with Crippen LogP contribution in [0.15, 0.2) is 18.2 Å². The van der Waals surface area contributed by atoms with Gasteiger partial charge in [0.25, 0.3) is 0 Å². The van der Waals surface area contributed by atoms with Crippen LogP contribution >= 0.6 is 0 Å². The minimum Gasteiger partial charge on any atom is -0.497 e. The fraction of sp³-hybridized carbons (Fsp3) is 0.417. The van der Waals surface area contributed by atoms with E-state index in [0.29, 0.717) is 23.7 Å². The first-order valence-electron chi connectivity index (χ1n) is 5.48. The number of ether oxygens (including phenoxy) is 1. The van der Waals surface area contributed by atoms with Gasteiger partial charge in [0.15, 0.2) is 0 Å². The van der Waals surface area contributed by atoms with Gasteiger partial charge >= 0.3 is 0 Å². The molecule has 0 atom stereocenters. The molecule has 1 amide bonds. The number of rotatable bonds is 5. The van der Waals surface area contributed by atoms with Gasteiger partial charge in [-0.3, -0.25) is 9.69 Å². The van der Waals surface area contributed by atoms with Gasteiger partial charge in [-0.2, -0.15) is 0 Å². The number of carbonyl (C=O) groups excluding carboxylic acids is 1. The molecule has 3 N–H and O–H groups in total. The second-order valence-corrected chi connectivity index (χ2v) is 3.83. The summed E-state index contributed by atoms with van der Waals surface area (Å²) in [7, 11) is 3.46. The number of nitrogen functional groups attached to an aromatic ring is 1. The Morgan fingerprint density at radius 3 is 2.76 bits per heavy atom. The number of anilines is 2. The maximum absolute atomic E-state index is 11.6. The van der Waals surface area contributed by atoms with Gasteiger partial charge in [0.1, 0.15) is 5.75 Å². The molecule has 1 rings (SSSR count). The molecule has 0 heterocycles. The minimum absolute atomic E-state index is 0.0776. The average Bonchev–Trinajstić information content (AvgIpc) is 2.31. The van der Waals surface area contributed by atoms with Crippen LogP contribution in [0.4, 0.5) is 11.4 Å². The lowest BCUT2D eigenvalue weighted by atomic mass is 10.2. The summed E-state index contributed by atoms with van der Waals surface area (Å²) >= 11 is 0. The predicted octanol–water partition coefficient (Wildman–Crippen LogP) is 1.17. The van der Waals surface area contributed by atoms with Crippen LogP contribution in [0.25, 0.3) is 0 Å². The first kappa shape index (κ1) is 13.3. The van der Waals surface area contributed by atoms with E-state index in [-0.39, 0.29) is 5.91 Å². The van der Waals surface area contributed by atoms with Crippen LogP contribution in [0, 0.1) is 0 Å². The van der Waals surface area contributed by atoms with Gasteiger partial charge in [-0.1, -0.05) is 6.92 Å². The number of nitrogens with one attached hydrogen (secondary N) is 1. The highest BCUT2D eigenvalue weighted by atomic mass is 16.5. The van der Waals surface area contributed by atoms with Crippen molar-refractivity contribution in [2.45, 2.75) is 6.92 Å². The smallest absolute Gasteiger partial charge is 0.238 e. The molecule has 1 aromatic carbocycles. The summed E-state index contributed by atoms with van der Waals surface area (Å²) in [6.45, 7) is 3.17. The zero-order valence-corrected chi connectivity index (χ0v) is 10.5. The zero-order valence-electron chi connectivity index (χ0n) is 10.5. The molecule has 0 aromatic heterocycles. The molecule has 0 saturated carbocycles. The lowest BCUT2D eigenvalue weighted by Crippen LogP contribution is -2.30. The van der Waals surface area contributed by atoms with Crippen LogP contribution < -0.4 is 15.8 Å². The molecule has 1 aromatic rings. The highest BCUT2D eigenvalue weighted by Crippen LogP contribution is 2.23. The minimum atomic E-state index is -0.0776. The average molecular weight is 237 g/mol. The van der Waals surface area contributed by atoms with Crippen molar-refractivity contribution in [1.82, 2.24) is 4.90 Å². The van der Waals surface area contributed by atoms with Crippen LogP contribution in [-0.4, -0.2) is 38.1 Å². The molecule has 0 spiro atoms. The third-order valence-corrected chi connectivity index (χ3v) is 2.49. The summed E-state index contributed by atoms with van der Waals surface area (Å²) in [6, 6.07) is 5.17. The van der Waals surface area contributed by atoms with E-state index in [1.54, 1.807) is 25.3 Å². The van der Waals surface area contributed by atoms with Crippen LogP contribution in [0.1, 0.15) is 6.92 Å². The van der Waals surface area contributed by atoms with E-state index in [4.69, 9.17) is 10.5 Å². The SMILES string of the molecule is CCN(C)CC(=O)Nc1ccc(OC)cc1N. The Morgan fingerprint density at radius 2 is 2.24 bits per heavy atom. The van der Waals surface area contributed by atoms with Gasteiger partial charge in [-0.15, -0.1) is 0 Å². The van der Waals surface area contributed by atoms with Gasteiger partial charge in [0, 0.05) is 6.07 Å². The molecule has 0 aliphatic carbocycles. The molecule has 0 fully saturated rings. The standard InChI is InChI=1S/C12H19N3O2/c1-4-15(2)8-12(16)14-11-6-5-9(17-3)7-10(11)13/h5-7H,4,8,13H2,1-3H3,(H,14,16). The first-order valence-corrected chi connectivity index (χ1v) is 5.48. The summed E-state index contributed by atoms with van der Waals surface area (Å²) in [6.07, 6.45) is 0. The molecule has 17 heavy (non-hydrogen) atoms. The first-order chi connectivity index (χ1) is 8.06. The number of likely N-dealkylation sites (N-methyl/N-ethyl adjacent to an activating group) is 1. The monoisotopic (exact) mass is 237 g/mol. The van der Waals surface area contributed by atoms with Crippen molar-refractivity contribution in [3.8, 4) is 5.75 Å². The maximum Gasteiger partial charge on any atom is 0.238 e. The number of carbonyl (C=O) groups is 1. The van der Waals surface area contributed by atoms with E-state index in [1.807, 2.05) is 18.9 Å². The molecule has 0 bridgehead atoms. The van der Waals surface area contributed by atoms with E-state index in [1.165, 1.54) is 0 Å². The van der Waals surface area contributed by atoms with Crippen molar-refractivity contribution in [2.24, 2.45) is 0 Å². The van der Waals surface area contributed by atoms with E-state index in [0.717, 1.165) is 6.54 Å². The van der Waals surface area contributed by atoms with Crippen molar-refractivity contribution in [1.29, 1.82) is 0 Å². The number of methoxy groups -OCH3 is 1. The Labute approximate surface area is 102 Å². The second-order valence-electron chi connectivity index (χ2n) is 3.83. The van der Waals surface area contributed by atoms with Crippen molar-refractivity contribution in [2.75, 3.05) is 38.3 Å². The van der Waals surface area contributed by atoms with E-state index in [2.05, 4.69) is 5.32 Å². The third kappa shape index (κ3) is 3.96. The van der Waals surface area contributed by atoms with Crippen molar-refractivity contribution < 1.29 is 9.53 Å². The Kier molecular flexibility index (Phi) is 4.78. The molecular formula is C12H19N3O2. The Hall–Kier alpha value is -1.75. The van der Waals surface area contributed by atoms with Gasteiger partial charge < -0.3 is 15.8 Å². The van der Waals surface area contributed by atoms with Crippen LogP contribution in [0.2, 0.25) is 0 Å². The molecular weight excluding hydrogens is 218 g/mol. The Bertz CT molecular complexity index is 393. The van der Waals surface area contributed by atoms with Crippen molar-refractivity contribution >= 4 is 17.3 Å². The Balaban J connectivity index is 2.65. The normalized spacial score (nSPS) is 10.4. The fourth-order valence-electron chi connectivity index (χ4n) is 1.33. The summed E-state index contributed by atoms with van der Waals surface area (Å²) in [4.78, 5) is 13.6. The molecule has 5 heteroatoms. The largest absolute Gasteiger partial charge is 0.497 e. The lowest BCUT2D eigenvalue weighted by molar-refractivity contribution is -0.117. The number of nitrogens with zero attached hydrogens (tertiary/aromatic N) is 1. The molecule has 0 saturated heterocycles. The molecule has 0 radical (unpaired) electrons. The van der Waals surface area contributed by atoms with Crippen LogP contribution in [0.5, 0.6) is 5.75 Å².